The van der Waals surface area contributed by atoms with Gasteiger partial charge < -0.3 is 5.11 Å². The number of carbonyl (C=O) groups is 1. The smallest absolute Gasteiger partial charge is 0.328 e. The average Bonchev–Trinajstić information content (AvgIpc) is 2.15. The van der Waals surface area contributed by atoms with Crippen LogP contribution in [0.1, 0.15) is 39.4 Å². The minimum Gasteiger partial charge on any atom is -0.480 e. The molecule has 1 N–H and O–H groups in total. The molecular weight excluding hydrogens is 208 g/mol. The van der Waals surface area contributed by atoms with Gasteiger partial charge in [0.15, 0.2) is 6.04 Å². The van der Waals surface area contributed by atoms with E-state index in [9.17, 15) is 9.59 Å². The van der Waals surface area contributed by atoms with E-state index in [-0.39, 0.29) is 5.41 Å². The molecule has 5 heteroatoms. The van der Waals surface area contributed by atoms with Crippen LogP contribution < -0.4 is 5.56 Å². The fourth-order valence-electron chi connectivity index (χ4n) is 1.21. The van der Waals surface area contributed by atoms with Crippen LogP contribution in [0, 0.1) is 0 Å². The van der Waals surface area contributed by atoms with Crippen LogP contribution in [0.25, 0.3) is 0 Å². The summed E-state index contributed by atoms with van der Waals surface area (Å²) in [4.78, 5) is 22.3. The Bertz CT molecular complexity index is 457. The van der Waals surface area contributed by atoms with E-state index in [1.165, 1.54) is 13.0 Å². The van der Waals surface area contributed by atoms with E-state index in [1.54, 1.807) is 6.07 Å². The molecule has 16 heavy (non-hydrogen) atoms. The van der Waals surface area contributed by atoms with Crippen LogP contribution in [0.5, 0.6) is 0 Å². The van der Waals surface area contributed by atoms with E-state index in [0.29, 0.717) is 5.69 Å². The first-order valence-corrected chi connectivity index (χ1v) is 5.06. The third kappa shape index (κ3) is 2.48. The van der Waals surface area contributed by atoms with E-state index >= 15 is 0 Å². The monoisotopic (exact) mass is 224 g/mol. The number of carboxylic acids is 1. The summed E-state index contributed by atoms with van der Waals surface area (Å²) in [6.45, 7) is 7.30. The van der Waals surface area contributed by atoms with Crippen molar-refractivity contribution in [1.29, 1.82) is 0 Å². The minimum absolute atomic E-state index is 0.215. The predicted molar refractivity (Wildman–Crippen MR) is 59.5 cm³/mol. The molecule has 5 nitrogen and oxygen atoms in total. The molecule has 1 heterocycles. The van der Waals surface area contributed by atoms with Gasteiger partial charge in [0, 0.05) is 11.5 Å². The summed E-state index contributed by atoms with van der Waals surface area (Å²) in [5, 5.41) is 12.9. The standard InChI is InChI=1S/C11H16N2O3/c1-7(10(15)16)13-9(14)6-5-8(12-13)11(2,3)4/h5-7H,1-4H3,(H,15,16)/t7-/m1/s1. The Balaban J connectivity index is 3.30. The molecule has 88 valence electrons. The summed E-state index contributed by atoms with van der Waals surface area (Å²) in [5.41, 5.74) is 0.0799. The highest BCUT2D eigenvalue weighted by Crippen LogP contribution is 2.18. The summed E-state index contributed by atoms with van der Waals surface area (Å²) in [7, 11) is 0. The van der Waals surface area contributed by atoms with Crippen molar-refractivity contribution in [3.63, 3.8) is 0 Å². The molecule has 1 atom stereocenters. The molecular formula is C11H16N2O3. The van der Waals surface area contributed by atoms with Crippen molar-refractivity contribution in [2.24, 2.45) is 0 Å². The molecule has 0 aliphatic rings. The van der Waals surface area contributed by atoms with Gasteiger partial charge in [-0.05, 0) is 13.0 Å². The van der Waals surface area contributed by atoms with Crippen molar-refractivity contribution in [3.05, 3.63) is 28.2 Å². The quantitative estimate of drug-likeness (QED) is 0.818. The molecule has 1 aromatic rings. The molecule has 0 saturated carbocycles. The van der Waals surface area contributed by atoms with Crippen LogP contribution in [0.2, 0.25) is 0 Å². The van der Waals surface area contributed by atoms with Gasteiger partial charge >= 0.3 is 5.97 Å². The maximum absolute atomic E-state index is 11.5. The zero-order chi connectivity index (χ0) is 12.5. The van der Waals surface area contributed by atoms with Crippen LogP contribution in [0.3, 0.4) is 0 Å². The number of hydrogen-bond acceptors (Lipinski definition) is 3. The van der Waals surface area contributed by atoms with Gasteiger partial charge in [-0.15, -0.1) is 0 Å². The van der Waals surface area contributed by atoms with Crippen molar-refractivity contribution in [1.82, 2.24) is 9.78 Å². The Hall–Kier alpha value is -1.65. The van der Waals surface area contributed by atoms with E-state index in [1.807, 2.05) is 20.8 Å². The highest BCUT2D eigenvalue weighted by Gasteiger charge is 2.20. The molecule has 1 aromatic heterocycles. The number of aliphatic carboxylic acids is 1. The molecule has 0 aliphatic heterocycles. The molecule has 0 unspecified atom stereocenters. The van der Waals surface area contributed by atoms with Gasteiger partial charge in [-0.1, -0.05) is 20.8 Å². The Kier molecular flexibility index (Phi) is 3.16. The van der Waals surface area contributed by atoms with Crippen molar-refractivity contribution in [2.45, 2.75) is 39.2 Å². The third-order valence-corrected chi connectivity index (χ3v) is 2.32. The second-order valence-corrected chi connectivity index (χ2v) is 4.77. The lowest BCUT2D eigenvalue weighted by atomic mass is 9.92. The van der Waals surface area contributed by atoms with Crippen LogP contribution in [0.15, 0.2) is 16.9 Å². The van der Waals surface area contributed by atoms with Gasteiger partial charge in [-0.25, -0.2) is 9.48 Å². The second-order valence-electron chi connectivity index (χ2n) is 4.77. The topological polar surface area (TPSA) is 72.2 Å². The van der Waals surface area contributed by atoms with Crippen LogP contribution in [-0.2, 0) is 10.2 Å². The van der Waals surface area contributed by atoms with E-state index in [4.69, 9.17) is 5.11 Å². The summed E-state index contributed by atoms with van der Waals surface area (Å²) < 4.78 is 1.00. The lowest BCUT2D eigenvalue weighted by Gasteiger charge is -2.19. The largest absolute Gasteiger partial charge is 0.480 e. The summed E-state index contributed by atoms with van der Waals surface area (Å²) in [5.74, 6) is -1.07. The van der Waals surface area contributed by atoms with E-state index in [0.717, 1.165) is 4.68 Å². The van der Waals surface area contributed by atoms with Gasteiger partial charge in [0.1, 0.15) is 0 Å². The first-order chi connectivity index (χ1) is 7.23. The van der Waals surface area contributed by atoms with Crippen molar-refractivity contribution in [2.75, 3.05) is 0 Å². The van der Waals surface area contributed by atoms with E-state index < -0.39 is 17.6 Å². The molecule has 0 radical (unpaired) electrons. The highest BCUT2D eigenvalue weighted by molar-refractivity contribution is 5.71. The van der Waals surface area contributed by atoms with Crippen LogP contribution in [-0.4, -0.2) is 20.9 Å². The molecule has 0 bridgehead atoms. The Morgan fingerprint density at radius 3 is 2.44 bits per heavy atom. The van der Waals surface area contributed by atoms with Gasteiger partial charge in [-0.2, -0.15) is 5.10 Å². The lowest BCUT2D eigenvalue weighted by molar-refractivity contribution is -0.140. The molecule has 0 aromatic carbocycles. The normalized spacial score (nSPS) is 13.5. The van der Waals surface area contributed by atoms with Gasteiger partial charge in [0.2, 0.25) is 0 Å². The number of nitrogens with zero attached hydrogens (tertiary/aromatic N) is 2. The number of hydrogen-bond donors (Lipinski definition) is 1. The lowest BCUT2D eigenvalue weighted by Crippen LogP contribution is -2.32. The first kappa shape index (κ1) is 12.4. The average molecular weight is 224 g/mol. The van der Waals surface area contributed by atoms with Crippen molar-refractivity contribution in [3.8, 4) is 0 Å². The second kappa shape index (κ2) is 4.08. The third-order valence-electron chi connectivity index (χ3n) is 2.32. The molecule has 0 fully saturated rings. The van der Waals surface area contributed by atoms with E-state index in [2.05, 4.69) is 5.10 Å². The van der Waals surface area contributed by atoms with Crippen LogP contribution >= 0.6 is 0 Å². The number of rotatable bonds is 2. The minimum atomic E-state index is -1.07. The summed E-state index contributed by atoms with van der Waals surface area (Å²) >= 11 is 0. The summed E-state index contributed by atoms with van der Waals surface area (Å²) in [6.07, 6.45) is 0. The molecule has 0 spiro atoms. The van der Waals surface area contributed by atoms with Crippen molar-refractivity contribution < 1.29 is 9.90 Å². The zero-order valence-corrected chi connectivity index (χ0v) is 9.89. The van der Waals surface area contributed by atoms with Gasteiger partial charge in [0.05, 0.1) is 5.69 Å². The SMILES string of the molecule is C[C@H](C(=O)O)n1nc(C(C)(C)C)ccc1=O. The molecule has 1 rings (SSSR count). The number of aromatic nitrogens is 2. The maximum atomic E-state index is 11.5. The summed E-state index contributed by atoms with van der Waals surface area (Å²) in [6, 6.07) is 2.04. The Morgan fingerprint density at radius 1 is 1.44 bits per heavy atom. The predicted octanol–water partition coefficient (Wildman–Crippen LogP) is 1.19. The number of carboxylic acid groups (broad SMARTS) is 1. The van der Waals surface area contributed by atoms with Crippen molar-refractivity contribution >= 4 is 5.97 Å². The van der Waals surface area contributed by atoms with Gasteiger partial charge in [0.25, 0.3) is 5.56 Å². The fraction of sp³-hybridized carbons (Fsp3) is 0.545. The Labute approximate surface area is 93.7 Å². The molecule has 0 aliphatic carbocycles. The molecule has 0 amide bonds. The van der Waals surface area contributed by atoms with Crippen LogP contribution in [0.4, 0.5) is 0 Å². The first-order valence-electron chi connectivity index (χ1n) is 5.06. The maximum Gasteiger partial charge on any atom is 0.328 e. The highest BCUT2D eigenvalue weighted by atomic mass is 16.4. The van der Waals surface area contributed by atoms with Gasteiger partial charge in [-0.3, -0.25) is 4.79 Å². The fourth-order valence-corrected chi connectivity index (χ4v) is 1.21. The Morgan fingerprint density at radius 2 is 2.00 bits per heavy atom. The zero-order valence-electron chi connectivity index (χ0n) is 9.89. The molecule has 0 saturated heterocycles.